The Kier molecular flexibility index (Phi) is 13.3. The van der Waals surface area contributed by atoms with Crippen molar-refractivity contribution in [1.29, 1.82) is 0 Å². The van der Waals surface area contributed by atoms with E-state index in [1.54, 1.807) is 0 Å². The lowest BCUT2D eigenvalue weighted by Crippen LogP contribution is -1.81. The summed E-state index contributed by atoms with van der Waals surface area (Å²) < 4.78 is 0. The fourth-order valence-corrected chi connectivity index (χ4v) is 0. The summed E-state index contributed by atoms with van der Waals surface area (Å²) >= 11 is 0. The SMILES string of the molecule is N[O].O=[N+]([O-])O. The molecule has 0 aromatic carbocycles. The highest BCUT2D eigenvalue weighted by molar-refractivity contribution is 3.83. The maximum absolute atomic E-state index is 8.36. The van der Waals surface area contributed by atoms with Crippen molar-refractivity contribution >= 4 is 0 Å². The van der Waals surface area contributed by atoms with Gasteiger partial charge in [-0.2, -0.15) is 5.90 Å². The van der Waals surface area contributed by atoms with Crippen LogP contribution >= 0.6 is 0 Å². The average Bonchev–Trinajstić information content (AvgIpc) is 1.41. The smallest absolute Gasteiger partial charge is 0.291 e. The molecular formula is H3N2O4. The lowest BCUT2D eigenvalue weighted by molar-refractivity contribution is -0.742. The normalized spacial score (nSPS) is 5.00. The zero-order valence-electron chi connectivity index (χ0n) is 2.70. The second-order valence-corrected chi connectivity index (χ2v) is 0.238. The largest absolute Gasteiger partial charge is 0.328 e. The Bertz CT molecular complexity index is 28.5. The van der Waals surface area contributed by atoms with Crippen LogP contribution in [0.15, 0.2) is 0 Å². The van der Waals surface area contributed by atoms with Gasteiger partial charge in [0.2, 0.25) is 0 Å². The van der Waals surface area contributed by atoms with Gasteiger partial charge in [0, 0.05) is 0 Å². The monoisotopic (exact) mass is 95.0 g/mol. The van der Waals surface area contributed by atoms with Gasteiger partial charge in [-0.3, -0.25) is 0 Å². The third kappa shape index (κ3) is 18.1. The summed E-state index contributed by atoms with van der Waals surface area (Å²) in [5.74, 6) is 3.25. The predicted molar refractivity (Wildman–Crippen MR) is 13.7 cm³/mol. The molecule has 0 aliphatic rings. The number of hydrogen-bond acceptors (Lipinski definition) is 3. The van der Waals surface area contributed by atoms with Crippen LogP contribution in [-0.2, 0) is 5.21 Å². The molecule has 6 heavy (non-hydrogen) atoms. The van der Waals surface area contributed by atoms with E-state index in [1.165, 1.54) is 0 Å². The summed E-state index contributed by atoms with van der Waals surface area (Å²) in [6, 6.07) is 0. The molecule has 1 radical (unpaired) electrons. The van der Waals surface area contributed by atoms with Crippen molar-refractivity contribution in [2.45, 2.75) is 0 Å². The first kappa shape index (κ1) is 8.93. The fourth-order valence-electron chi connectivity index (χ4n) is 0. The van der Waals surface area contributed by atoms with E-state index < -0.39 is 5.09 Å². The standard InChI is InChI=1S/HNO3.H2NO/c2-1(3)4;1-2/h(H,2,3,4);1H2. The molecule has 0 fully saturated rings. The number of nitrogens with two attached hydrogens (primary N) is 1. The van der Waals surface area contributed by atoms with E-state index in [-0.39, 0.29) is 0 Å². The zero-order chi connectivity index (χ0) is 5.58. The maximum Gasteiger partial charge on any atom is 0.291 e. The Morgan fingerprint density at radius 2 is 1.67 bits per heavy atom. The average molecular weight is 95.0 g/mol. The van der Waals surface area contributed by atoms with Gasteiger partial charge in [-0.15, -0.1) is 15.3 Å². The van der Waals surface area contributed by atoms with Crippen LogP contribution in [0.25, 0.3) is 0 Å². The lowest BCUT2D eigenvalue weighted by Gasteiger charge is -1.56. The van der Waals surface area contributed by atoms with Gasteiger partial charge in [-0.05, 0) is 0 Å². The van der Waals surface area contributed by atoms with E-state index in [0.29, 0.717) is 0 Å². The van der Waals surface area contributed by atoms with Gasteiger partial charge >= 0.3 is 0 Å². The second-order valence-electron chi connectivity index (χ2n) is 0.238. The van der Waals surface area contributed by atoms with Gasteiger partial charge in [-0.25, -0.2) is 0 Å². The molecule has 0 atom stereocenters. The van der Waals surface area contributed by atoms with Gasteiger partial charge in [0.15, 0.2) is 0 Å². The van der Waals surface area contributed by atoms with Crippen molar-refractivity contribution in [3.05, 3.63) is 10.1 Å². The molecule has 0 amide bonds. The third-order valence-electron chi connectivity index (χ3n) is 0. The number of rotatable bonds is 0. The maximum atomic E-state index is 8.36. The first-order valence-electron chi connectivity index (χ1n) is 0.801. The van der Waals surface area contributed by atoms with Crippen LogP contribution in [0.1, 0.15) is 0 Å². The van der Waals surface area contributed by atoms with Crippen molar-refractivity contribution in [3.63, 3.8) is 0 Å². The molecule has 3 N–H and O–H groups in total. The Morgan fingerprint density at radius 3 is 1.67 bits per heavy atom. The summed E-state index contributed by atoms with van der Waals surface area (Å²) in [4.78, 5) is 8.36. The van der Waals surface area contributed by atoms with Gasteiger partial charge in [-0.1, -0.05) is 0 Å². The summed E-state index contributed by atoms with van der Waals surface area (Å²) in [6.45, 7) is 0. The molecule has 0 rings (SSSR count). The predicted octanol–water partition coefficient (Wildman–Crippen LogP) is -1.06. The molecule has 0 bridgehead atoms. The molecule has 37 valence electrons. The molecule has 6 nitrogen and oxygen atoms in total. The fraction of sp³-hybridized carbons (Fsp3) is 0. The first-order valence-corrected chi connectivity index (χ1v) is 0.801. The zero-order valence-corrected chi connectivity index (χ0v) is 2.70. The highest BCUT2D eigenvalue weighted by Crippen LogP contribution is 1.38. The minimum Gasteiger partial charge on any atom is -0.328 e. The third-order valence-corrected chi connectivity index (χ3v) is 0. The van der Waals surface area contributed by atoms with Crippen molar-refractivity contribution in [3.8, 4) is 0 Å². The van der Waals surface area contributed by atoms with Crippen LogP contribution in [-0.4, -0.2) is 10.3 Å². The Balaban J connectivity index is 0. The van der Waals surface area contributed by atoms with E-state index in [9.17, 15) is 0 Å². The molecule has 0 aliphatic heterocycles. The Morgan fingerprint density at radius 1 is 1.67 bits per heavy atom. The highest BCUT2D eigenvalue weighted by Gasteiger charge is 1.65. The van der Waals surface area contributed by atoms with Crippen molar-refractivity contribution in [2.24, 2.45) is 5.90 Å². The summed E-state index contributed by atoms with van der Waals surface area (Å²) in [5, 5.41) is 21.4. The van der Waals surface area contributed by atoms with Crippen molar-refractivity contribution < 1.29 is 15.5 Å². The van der Waals surface area contributed by atoms with Crippen LogP contribution < -0.4 is 5.90 Å². The molecule has 0 saturated heterocycles. The van der Waals surface area contributed by atoms with Crippen molar-refractivity contribution in [2.75, 3.05) is 0 Å². The van der Waals surface area contributed by atoms with E-state index in [2.05, 4.69) is 5.90 Å². The van der Waals surface area contributed by atoms with Gasteiger partial charge in [0.25, 0.3) is 5.09 Å². The second kappa shape index (κ2) is 8.92. The van der Waals surface area contributed by atoms with E-state index in [0.717, 1.165) is 0 Å². The molecule has 0 aromatic rings. The van der Waals surface area contributed by atoms with Gasteiger partial charge in [0.1, 0.15) is 0 Å². The Hall–Kier alpha value is -0.880. The van der Waals surface area contributed by atoms with Crippen LogP contribution in [0.4, 0.5) is 0 Å². The summed E-state index contributed by atoms with van der Waals surface area (Å²) in [7, 11) is 0. The minimum absolute atomic E-state index is 1.50. The van der Waals surface area contributed by atoms with Gasteiger partial charge in [0.05, 0.1) is 0 Å². The first-order chi connectivity index (χ1) is 2.73. The van der Waals surface area contributed by atoms with E-state index in [1.807, 2.05) is 0 Å². The van der Waals surface area contributed by atoms with Crippen LogP contribution in [0.3, 0.4) is 0 Å². The highest BCUT2D eigenvalue weighted by atomic mass is 16.9. The molecular weight excluding hydrogens is 92.0 g/mol. The summed E-state index contributed by atoms with van der Waals surface area (Å²) in [6.07, 6.45) is 0. The van der Waals surface area contributed by atoms with Crippen LogP contribution in [0.5, 0.6) is 0 Å². The number of hydrogen-bond donors (Lipinski definition) is 2. The molecule has 0 unspecified atom stereocenters. The van der Waals surface area contributed by atoms with Crippen molar-refractivity contribution in [1.82, 2.24) is 0 Å². The minimum atomic E-state index is -1.50. The van der Waals surface area contributed by atoms with E-state index in [4.69, 9.17) is 20.5 Å². The molecule has 0 aromatic heterocycles. The molecule has 0 spiro atoms. The van der Waals surface area contributed by atoms with E-state index >= 15 is 0 Å². The topological polar surface area (TPSA) is 109 Å². The quantitative estimate of drug-likeness (QED) is 0.295. The number of nitrogens with zero attached hydrogens (tertiary/aromatic N) is 1. The summed E-state index contributed by atoms with van der Waals surface area (Å²) in [5.41, 5.74) is 0. The van der Waals surface area contributed by atoms with Crippen LogP contribution in [0.2, 0.25) is 0 Å². The molecule has 0 saturated carbocycles. The molecule has 0 heterocycles. The lowest BCUT2D eigenvalue weighted by atomic mass is 13.1. The van der Waals surface area contributed by atoms with Crippen LogP contribution in [0, 0.1) is 10.1 Å². The Labute approximate surface area is 32.9 Å². The molecule has 0 aliphatic carbocycles. The van der Waals surface area contributed by atoms with Gasteiger partial charge < -0.3 is 5.21 Å². The molecule has 6 heteroatoms.